The molecule has 0 radical (unpaired) electrons. The number of amides is 2. The number of hydrogen-bond donors (Lipinski definition) is 1. The van der Waals surface area contributed by atoms with E-state index in [4.69, 9.17) is 0 Å². The molecule has 0 bridgehead atoms. The Bertz CT molecular complexity index is 1140. The molecule has 6 heteroatoms. The molecule has 0 unspecified atom stereocenters. The Labute approximate surface area is 174 Å². The predicted octanol–water partition coefficient (Wildman–Crippen LogP) is 4.29. The summed E-state index contributed by atoms with van der Waals surface area (Å²) in [7, 11) is 3.78. The standard InChI is InChI=1S/C24H20FN3O2/c1-27(2)19-9-6-10-20(15-19)28-23(29)21(16-7-4-3-5-8-16)22(24(28)30)26-18-13-11-17(25)12-14-18/h3-15,26H,1-2H3. The largest absolute Gasteiger partial charge is 0.378 e. The van der Waals surface area contributed by atoms with E-state index >= 15 is 0 Å². The molecule has 1 aliphatic heterocycles. The van der Waals surface area contributed by atoms with Crippen molar-refractivity contribution in [3.63, 3.8) is 0 Å². The van der Waals surface area contributed by atoms with Gasteiger partial charge in [-0.1, -0.05) is 36.4 Å². The Morgan fingerprint density at radius 1 is 0.833 bits per heavy atom. The van der Waals surface area contributed by atoms with E-state index in [1.165, 1.54) is 29.2 Å². The maximum Gasteiger partial charge on any atom is 0.282 e. The normalized spacial score (nSPS) is 13.8. The zero-order valence-corrected chi connectivity index (χ0v) is 16.6. The minimum Gasteiger partial charge on any atom is -0.378 e. The van der Waals surface area contributed by atoms with E-state index in [1.54, 1.807) is 30.3 Å². The van der Waals surface area contributed by atoms with E-state index in [2.05, 4.69) is 5.32 Å². The summed E-state index contributed by atoms with van der Waals surface area (Å²) in [5, 5.41) is 3.02. The summed E-state index contributed by atoms with van der Waals surface area (Å²) in [6, 6.07) is 21.9. The molecule has 0 fully saturated rings. The quantitative estimate of drug-likeness (QED) is 0.648. The third-order valence-corrected chi connectivity index (χ3v) is 4.86. The first-order valence-corrected chi connectivity index (χ1v) is 9.44. The van der Waals surface area contributed by atoms with Gasteiger partial charge < -0.3 is 10.2 Å². The second-order valence-corrected chi connectivity index (χ2v) is 7.11. The Hall–Kier alpha value is -3.93. The van der Waals surface area contributed by atoms with Gasteiger partial charge in [0.25, 0.3) is 11.8 Å². The van der Waals surface area contributed by atoms with Crippen molar-refractivity contribution < 1.29 is 14.0 Å². The minimum atomic E-state index is -0.459. The third-order valence-electron chi connectivity index (χ3n) is 4.86. The molecule has 0 atom stereocenters. The first-order valence-electron chi connectivity index (χ1n) is 9.44. The van der Waals surface area contributed by atoms with E-state index in [9.17, 15) is 14.0 Å². The molecule has 3 aromatic rings. The van der Waals surface area contributed by atoms with Gasteiger partial charge in [0, 0.05) is 25.5 Å². The number of anilines is 3. The SMILES string of the molecule is CN(C)c1cccc(N2C(=O)C(Nc3ccc(F)cc3)=C(c3ccccc3)C2=O)c1. The second kappa shape index (κ2) is 7.83. The second-order valence-electron chi connectivity index (χ2n) is 7.11. The molecule has 1 heterocycles. The van der Waals surface area contributed by atoms with Crippen LogP contribution in [0.1, 0.15) is 5.56 Å². The van der Waals surface area contributed by atoms with Crippen molar-refractivity contribution in [2.24, 2.45) is 0 Å². The summed E-state index contributed by atoms with van der Waals surface area (Å²) in [5.74, 6) is -1.25. The average Bonchev–Trinajstić information content (AvgIpc) is 3.00. The van der Waals surface area contributed by atoms with Crippen LogP contribution in [0.4, 0.5) is 21.5 Å². The molecule has 150 valence electrons. The summed E-state index contributed by atoms with van der Waals surface area (Å²) in [4.78, 5) is 29.8. The molecule has 0 spiro atoms. The van der Waals surface area contributed by atoms with E-state index in [-0.39, 0.29) is 17.1 Å². The minimum absolute atomic E-state index is 0.160. The highest BCUT2D eigenvalue weighted by Gasteiger charge is 2.40. The highest BCUT2D eigenvalue weighted by Crippen LogP contribution is 2.34. The van der Waals surface area contributed by atoms with Crippen molar-refractivity contribution in [3.8, 4) is 0 Å². The fourth-order valence-corrected chi connectivity index (χ4v) is 3.34. The predicted molar refractivity (Wildman–Crippen MR) is 117 cm³/mol. The molecule has 3 aromatic carbocycles. The van der Waals surface area contributed by atoms with E-state index in [0.29, 0.717) is 16.9 Å². The summed E-state index contributed by atoms with van der Waals surface area (Å²) in [5.41, 5.74) is 2.94. The fourth-order valence-electron chi connectivity index (χ4n) is 3.34. The van der Waals surface area contributed by atoms with Gasteiger partial charge >= 0.3 is 0 Å². The van der Waals surface area contributed by atoms with Crippen molar-refractivity contribution in [2.75, 3.05) is 29.2 Å². The van der Waals surface area contributed by atoms with Gasteiger partial charge in [0.05, 0.1) is 11.3 Å². The van der Waals surface area contributed by atoms with Gasteiger partial charge in [-0.05, 0) is 48.0 Å². The van der Waals surface area contributed by atoms with Gasteiger partial charge in [-0.2, -0.15) is 0 Å². The topological polar surface area (TPSA) is 52.6 Å². The van der Waals surface area contributed by atoms with Crippen molar-refractivity contribution >= 4 is 34.4 Å². The first kappa shape index (κ1) is 19.4. The Morgan fingerprint density at radius 3 is 2.20 bits per heavy atom. The highest BCUT2D eigenvalue weighted by molar-refractivity contribution is 6.46. The molecule has 4 rings (SSSR count). The zero-order valence-electron chi connectivity index (χ0n) is 16.6. The van der Waals surface area contributed by atoms with Crippen LogP contribution in [0.25, 0.3) is 5.57 Å². The van der Waals surface area contributed by atoms with Crippen LogP contribution >= 0.6 is 0 Å². The number of carbonyl (C=O) groups excluding carboxylic acids is 2. The lowest BCUT2D eigenvalue weighted by Crippen LogP contribution is -2.32. The molecule has 0 saturated heterocycles. The van der Waals surface area contributed by atoms with Crippen LogP contribution in [0.2, 0.25) is 0 Å². The number of hydrogen-bond acceptors (Lipinski definition) is 4. The maximum absolute atomic E-state index is 13.4. The van der Waals surface area contributed by atoms with Gasteiger partial charge in [0.1, 0.15) is 11.5 Å². The van der Waals surface area contributed by atoms with Crippen LogP contribution in [0.5, 0.6) is 0 Å². The third kappa shape index (κ3) is 3.55. The van der Waals surface area contributed by atoms with Gasteiger partial charge in [-0.3, -0.25) is 9.59 Å². The molecule has 0 aliphatic carbocycles. The molecular weight excluding hydrogens is 381 g/mol. The molecule has 2 amide bonds. The summed E-state index contributed by atoms with van der Waals surface area (Å²) < 4.78 is 13.3. The Balaban J connectivity index is 1.80. The monoisotopic (exact) mass is 401 g/mol. The van der Waals surface area contributed by atoms with Crippen LogP contribution < -0.4 is 15.1 Å². The van der Waals surface area contributed by atoms with Crippen molar-refractivity contribution in [1.82, 2.24) is 0 Å². The number of nitrogens with zero attached hydrogens (tertiary/aromatic N) is 2. The number of benzene rings is 3. The van der Waals surface area contributed by atoms with E-state index in [0.717, 1.165) is 5.69 Å². The molecule has 30 heavy (non-hydrogen) atoms. The Kier molecular flexibility index (Phi) is 5.06. The summed E-state index contributed by atoms with van der Waals surface area (Å²) in [6.07, 6.45) is 0. The first-order chi connectivity index (χ1) is 14.5. The van der Waals surface area contributed by atoms with Gasteiger partial charge in [-0.15, -0.1) is 0 Å². The van der Waals surface area contributed by atoms with Gasteiger partial charge in [-0.25, -0.2) is 9.29 Å². The summed E-state index contributed by atoms with van der Waals surface area (Å²) >= 11 is 0. The van der Waals surface area contributed by atoms with Crippen molar-refractivity contribution in [2.45, 2.75) is 0 Å². The van der Waals surface area contributed by atoms with Gasteiger partial charge in [0.15, 0.2) is 0 Å². The van der Waals surface area contributed by atoms with Crippen LogP contribution in [0, 0.1) is 5.82 Å². The molecule has 0 aromatic heterocycles. The molecule has 0 saturated carbocycles. The highest BCUT2D eigenvalue weighted by atomic mass is 19.1. The van der Waals surface area contributed by atoms with Crippen LogP contribution in [0.3, 0.4) is 0 Å². The maximum atomic E-state index is 13.4. The number of carbonyl (C=O) groups is 2. The lowest BCUT2D eigenvalue weighted by molar-refractivity contribution is -0.120. The van der Waals surface area contributed by atoms with Gasteiger partial charge in [0.2, 0.25) is 0 Å². The number of nitrogens with one attached hydrogen (secondary N) is 1. The van der Waals surface area contributed by atoms with E-state index < -0.39 is 11.8 Å². The van der Waals surface area contributed by atoms with Crippen molar-refractivity contribution in [1.29, 1.82) is 0 Å². The number of imide groups is 1. The Morgan fingerprint density at radius 2 is 1.53 bits per heavy atom. The number of halogens is 1. The van der Waals surface area contributed by atoms with Crippen LogP contribution in [-0.2, 0) is 9.59 Å². The lowest BCUT2D eigenvalue weighted by Gasteiger charge is -2.19. The van der Waals surface area contributed by atoms with Crippen LogP contribution in [0.15, 0.2) is 84.6 Å². The average molecular weight is 401 g/mol. The molecule has 1 N–H and O–H groups in total. The zero-order chi connectivity index (χ0) is 21.3. The smallest absolute Gasteiger partial charge is 0.282 e. The van der Waals surface area contributed by atoms with Crippen molar-refractivity contribution in [3.05, 3.63) is 95.9 Å². The van der Waals surface area contributed by atoms with E-state index in [1.807, 2.05) is 43.3 Å². The lowest BCUT2D eigenvalue weighted by atomic mass is 10.0. The fraction of sp³-hybridized carbons (Fsp3) is 0.0833. The van der Waals surface area contributed by atoms with Crippen LogP contribution in [-0.4, -0.2) is 25.9 Å². The summed E-state index contributed by atoms with van der Waals surface area (Å²) in [6.45, 7) is 0. The molecular formula is C24H20FN3O2. The molecule has 5 nitrogen and oxygen atoms in total. The molecule has 1 aliphatic rings. The number of rotatable bonds is 5.